The van der Waals surface area contributed by atoms with Gasteiger partial charge >= 0.3 is 0 Å². The third kappa shape index (κ3) is 4.03. The molecule has 2 fully saturated rings. The Labute approximate surface area is 132 Å². The van der Waals surface area contributed by atoms with Crippen LogP contribution in [0.2, 0.25) is 0 Å². The van der Waals surface area contributed by atoms with E-state index in [0.29, 0.717) is 17.1 Å². The Morgan fingerprint density at radius 3 is 2.62 bits per heavy atom. The summed E-state index contributed by atoms with van der Waals surface area (Å²) in [5.41, 5.74) is 1.41. The summed E-state index contributed by atoms with van der Waals surface area (Å²) in [5.74, 6) is 2.13. The third-order valence-corrected chi connectivity index (χ3v) is 6.13. The molecule has 0 bridgehead atoms. The van der Waals surface area contributed by atoms with Gasteiger partial charge in [0.25, 0.3) is 0 Å². The summed E-state index contributed by atoms with van der Waals surface area (Å²) >= 11 is 2.01. The first-order chi connectivity index (χ1) is 10.3. The molecule has 1 aliphatic carbocycles. The minimum atomic E-state index is 0.399. The van der Waals surface area contributed by atoms with E-state index in [0.717, 1.165) is 31.7 Å². The Kier molecular flexibility index (Phi) is 5.23. The zero-order chi connectivity index (χ0) is 14.5. The second-order valence-electron chi connectivity index (χ2n) is 6.29. The normalized spacial score (nSPS) is 24.0. The monoisotopic (exact) mass is 303 g/mol. The van der Waals surface area contributed by atoms with Gasteiger partial charge in [-0.25, -0.2) is 0 Å². The first-order valence-electron chi connectivity index (χ1n) is 8.27. The molecule has 2 nitrogen and oxygen atoms in total. The summed E-state index contributed by atoms with van der Waals surface area (Å²) in [6.07, 6.45) is 7.06. The number of rotatable bonds is 3. The molecule has 1 aromatic rings. The molecule has 2 aliphatic rings. The number of amides is 1. The lowest BCUT2D eigenvalue weighted by molar-refractivity contribution is -0.131. The smallest absolute Gasteiger partial charge is 0.222 e. The summed E-state index contributed by atoms with van der Waals surface area (Å²) < 4.78 is 0. The van der Waals surface area contributed by atoms with Gasteiger partial charge in [-0.15, -0.1) is 0 Å². The van der Waals surface area contributed by atoms with E-state index in [-0.39, 0.29) is 0 Å². The fourth-order valence-electron chi connectivity index (χ4n) is 3.54. The average Bonchev–Trinajstić information content (AvgIpc) is 2.89. The highest BCUT2D eigenvalue weighted by molar-refractivity contribution is 7.99. The fourth-order valence-corrected chi connectivity index (χ4v) is 4.78. The summed E-state index contributed by atoms with van der Waals surface area (Å²) in [7, 11) is 0. The largest absolute Gasteiger partial charge is 0.342 e. The van der Waals surface area contributed by atoms with Gasteiger partial charge in [0.2, 0.25) is 5.91 Å². The van der Waals surface area contributed by atoms with Crippen molar-refractivity contribution in [1.82, 2.24) is 4.90 Å². The van der Waals surface area contributed by atoms with Crippen LogP contribution in [0.15, 0.2) is 30.3 Å². The second-order valence-corrected chi connectivity index (χ2v) is 7.60. The summed E-state index contributed by atoms with van der Waals surface area (Å²) in [5, 5.41) is 0.551. The van der Waals surface area contributed by atoms with Crippen LogP contribution in [0.3, 0.4) is 0 Å². The van der Waals surface area contributed by atoms with E-state index >= 15 is 0 Å². The first-order valence-corrected chi connectivity index (χ1v) is 9.32. The maximum absolute atomic E-state index is 12.5. The molecular weight excluding hydrogens is 278 g/mol. The quantitative estimate of drug-likeness (QED) is 0.831. The lowest BCUT2D eigenvalue weighted by atomic mass is 10.0. The SMILES string of the molecule is O=C(CC1CCCC1)N1CCSC(c2ccccc2)CC1. The predicted molar refractivity (Wildman–Crippen MR) is 89.4 cm³/mol. The van der Waals surface area contributed by atoms with Crippen LogP contribution in [0.25, 0.3) is 0 Å². The first kappa shape index (κ1) is 15.0. The maximum Gasteiger partial charge on any atom is 0.222 e. The number of hydrogen-bond donors (Lipinski definition) is 0. The molecule has 3 rings (SSSR count). The van der Waals surface area contributed by atoms with Crippen molar-refractivity contribution in [2.45, 2.75) is 43.8 Å². The van der Waals surface area contributed by atoms with Crippen LogP contribution < -0.4 is 0 Å². The lowest BCUT2D eigenvalue weighted by Crippen LogP contribution is -2.33. The van der Waals surface area contributed by atoms with E-state index in [1.54, 1.807) is 0 Å². The molecule has 1 saturated carbocycles. The molecule has 21 heavy (non-hydrogen) atoms. The molecule has 0 spiro atoms. The van der Waals surface area contributed by atoms with Crippen LogP contribution >= 0.6 is 11.8 Å². The predicted octanol–water partition coefficient (Wildman–Crippen LogP) is 4.27. The molecule has 114 valence electrons. The fraction of sp³-hybridized carbons (Fsp3) is 0.611. The van der Waals surface area contributed by atoms with Crippen LogP contribution in [-0.4, -0.2) is 29.6 Å². The molecule has 1 aliphatic heterocycles. The van der Waals surface area contributed by atoms with Crippen LogP contribution in [0.4, 0.5) is 0 Å². The van der Waals surface area contributed by atoms with Gasteiger partial charge in [-0.1, -0.05) is 43.2 Å². The van der Waals surface area contributed by atoms with Crippen LogP contribution in [0.5, 0.6) is 0 Å². The van der Waals surface area contributed by atoms with Crippen molar-refractivity contribution < 1.29 is 4.79 Å². The van der Waals surface area contributed by atoms with Crippen LogP contribution in [0.1, 0.15) is 49.3 Å². The van der Waals surface area contributed by atoms with Crippen LogP contribution in [0, 0.1) is 5.92 Å². The third-order valence-electron chi connectivity index (χ3n) is 4.80. The van der Waals surface area contributed by atoms with Gasteiger partial charge in [-0.05, 0) is 30.7 Å². The molecule has 1 unspecified atom stereocenters. The van der Waals surface area contributed by atoms with E-state index in [2.05, 4.69) is 35.2 Å². The number of carbonyl (C=O) groups excluding carboxylic acids is 1. The van der Waals surface area contributed by atoms with Gasteiger partial charge in [0.1, 0.15) is 0 Å². The second kappa shape index (κ2) is 7.35. The number of thioether (sulfide) groups is 1. The molecule has 3 heteroatoms. The molecule has 1 heterocycles. The van der Waals surface area contributed by atoms with Crippen molar-refractivity contribution >= 4 is 17.7 Å². The number of nitrogens with zero attached hydrogens (tertiary/aromatic N) is 1. The number of benzene rings is 1. The van der Waals surface area contributed by atoms with Gasteiger partial charge < -0.3 is 4.90 Å². The van der Waals surface area contributed by atoms with E-state index in [1.165, 1.54) is 31.2 Å². The van der Waals surface area contributed by atoms with E-state index in [4.69, 9.17) is 0 Å². The Bertz CT molecular complexity index is 456. The van der Waals surface area contributed by atoms with Crippen molar-refractivity contribution in [1.29, 1.82) is 0 Å². The number of hydrogen-bond acceptors (Lipinski definition) is 2. The highest BCUT2D eigenvalue weighted by Crippen LogP contribution is 2.35. The highest BCUT2D eigenvalue weighted by atomic mass is 32.2. The zero-order valence-corrected chi connectivity index (χ0v) is 13.5. The topological polar surface area (TPSA) is 20.3 Å². The van der Waals surface area contributed by atoms with Gasteiger partial charge in [0.15, 0.2) is 0 Å². The summed E-state index contributed by atoms with van der Waals surface area (Å²) in [6.45, 7) is 1.86. The van der Waals surface area contributed by atoms with Gasteiger partial charge in [-0.2, -0.15) is 11.8 Å². The van der Waals surface area contributed by atoms with E-state index in [9.17, 15) is 4.79 Å². The minimum absolute atomic E-state index is 0.399. The Hall–Kier alpha value is -0.960. The average molecular weight is 303 g/mol. The van der Waals surface area contributed by atoms with Crippen molar-refractivity contribution in [3.05, 3.63) is 35.9 Å². The number of carbonyl (C=O) groups is 1. The van der Waals surface area contributed by atoms with Crippen molar-refractivity contribution in [2.75, 3.05) is 18.8 Å². The maximum atomic E-state index is 12.5. The molecule has 1 amide bonds. The van der Waals surface area contributed by atoms with Crippen LogP contribution in [-0.2, 0) is 4.79 Å². The molecule has 0 radical (unpaired) electrons. The van der Waals surface area contributed by atoms with Gasteiger partial charge in [0, 0.05) is 30.5 Å². The highest BCUT2D eigenvalue weighted by Gasteiger charge is 2.25. The summed E-state index contributed by atoms with van der Waals surface area (Å²) in [4.78, 5) is 14.6. The standard InChI is InChI=1S/C18H25NOS/c20-18(14-15-6-4-5-7-15)19-11-10-17(21-13-12-19)16-8-2-1-3-9-16/h1-3,8-9,15,17H,4-7,10-14H2. The zero-order valence-electron chi connectivity index (χ0n) is 12.7. The molecule has 1 atom stereocenters. The Balaban J connectivity index is 1.54. The van der Waals surface area contributed by atoms with Gasteiger partial charge in [0.05, 0.1) is 0 Å². The summed E-state index contributed by atoms with van der Waals surface area (Å²) in [6, 6.07) is 10.7. The Morgan fingerprint density at radius 2 is 1.86 bits per heavy atom. The van der Waals surface area contributed by atoms with Crippen molar-refractivity contribution in [3.8, 4) is 0 Å². The van der Waals surface area contributed by atoms with E-state index in [1.807, 2.05) is 11.8 Å². The molecular formula is C18H25NOS. The lowest BCUT2D eigenvalue weighted by Gasteiger charge is -2.22. The van der Waals surface area contributed by atoms with Crippen molar-refractivity contribution in [3.63, 3.8) is 0 Å². The molecule has 1 aromatic carbocycles. The molecule has 0 N–H and O–H groups in total. The minimum Gasteiger partial charge on any atom is -0.342 e. The van der Waals surface area contributed by atoms with E-state index < -0.39 is 0 Å². The van der Waals surface area contributed by atoms with Crippen molar-refractivity contribution in [2.24, 2.45) is 5.92 Å². The Morgan fingerprint density at radius 1 is 1.10 bits per heavy atom. The molecule has 1 saturated heterocycles. The molecule has 0 aromatic heterocycles. The van der Waals surface area contributed by atoms with Gasteiger partial charge in [-0.3, -0.25) is 4.79 Å².